The number of nitrogens with two attached hydrogens (primary N) is 1. The van der Waals surface area contributed by atoms with Crippen LogP contribution in [0.2, 0.25) is 5.02 Å². The quantitative estimate of drug-likeness (QED) is 0.795. The largest absolute Gasteiger partial charge is 0.370 e. The van der Waals surface area contributed by atoms with Gasteiger partial charge in [-0.15, -0.1) is 24.8 Å². The van der Waals surface area contributed by atoms with Gasteiger partial charge in [-0.05, 0) is 50.3 Å². The van der Waals surface area contributed by atoms with Gasteiger partial charge in [-0.1, -0.05) is 11.6 Å². The number of nitrogens with one attached hydrogen (secondary N) is 1. The molecule has 0 aromatic heterocycles. The van der Waals surface area contributed by atoms with Gasteiger partial charge in [0, 0.05) is 24.7 Å². The van der Waals surface area contributed by atoms with Crippen molar-refractivity contribution in [1.82, 2.24) is 0 Å². The van der Waals surface area contributed by atoms with E-state index in [-0.39, 0.29) is 36.8 Å². The third kappa shape index (κ3) is 5.63. The van der Waals surface area contributed by atoms with Crippen LogP contribution in [0.3, 0.4) is 0 Å². The van der Waals surface area contributed by atoms with Crippen LogP contribution in [-0.4, -0.2) is 37.7 Å². The molecule has 0 unspecified atom stereocenters. The molecular formula is C17H26Cl3N3O2. The maximum absolute atomic E-state index is 12.5. The minimum atomic E-state index is -0.420. The highest BCUT2D eigenvalue weighted by Gasteiger charge is 2.30. The molecule has 142 valence electrons. The normalized spacial score (nSPS) is 22.7. The van der Waals surface area contributed by atoms with E-state index in [9.17, 15) is 4.79 Å². The first kappa shape index (κ1) is 22.3. The Hall–Kier alpha value is -0.720. The summed E-state index contributed by atoms with van der Waals surface area (Å²) in [4.78, 5) is 14.8. The van der Waals surface area contributed by atoms with Crippen molar-refractivity contribution in [3.8, 4) is 0 Å². The van der Waals surface area contributed by atoms with Gasteiger partial charge in [0.05, 0.1) is 17.5 Å². The summed E-state index contributed by atoms with van der Waals surface area (Å²) in [7, 11) is 0. The number of amides is 1. The Morgan fingerprint density at radius 2 is 1.96 bits per heavy atom. The molecule has 2 atom stereocenters. The van der Waals surface area contributed by atoms with Gasteiger partial charge in [-0.25, -0.2) is 0 Å². The second-order valence-corrected chi connectivity index (χ2v) is 6.69. The Balaban J connectivity index is 0.00000156. The lowest BCUT2D eigenvalue weighted by Gasteiger charge is -2.30. The highest BCUT2D eigenvalue weighted by atomic mass is 35.5. The fourth-order valence-corrected chi connectivity index (χ4v) is 3.48. The summed E-state index contributed by atoms with van der Waals surface area (Å²) in [6.07, 6.45) is 4.75. The predicted octanol–water partition coefficient (Wildman–Crippen LogP) is 3.62. The highest BCUT2D eigenvalue weighted by Crippen LogP contribution is 2.32. The van der Waals surface area contributed by atoms with Gasteiger partial charge in [-0.3, -0.25) is 4.79 Å². The fraction of sp³-hybridized carbons (Fsp3) is 0.588. The van der Waals surface area contributed by atoms with E-state index in [2.05, 4.69) is 10.2 Å². The van der Waals surface area contributed by atoms with E-state index in [0.29, 0.717) is 18.0 Å². The molecule has 0 radical (unpaired) electrons. The molecule has 0 bridgehead atoms. The van der Waals surface area contributed by atoms with Gasteiger partial charge in [0.1, 0.15) is 6.10 Å². The minimum absolute atomic E-state index is 0. The summed E-state index contributed by atoms with van der Waals surface area (Å²) in [6.45, 7) is 2.49. The van der Waals surface area contributed by atoms with Crippen molar-refractivity contribution in [2.45, 2.75) is 44.3 Å². The van der Waals surface area contributed by atoms with Crippen molar-refractivity contribution in [2.75, 3.05) is 29.9 Å². The number of hydrogen-bond donors (Lipinski definition) is 2. The number of ether oxygens (including phenoxy) is 1. The van der Waals surface area contributed by atoms with Crippen LogP contribution >= 0.6 is 36.4 Å². The first-order valence-corrected chi connectivity index (χ1v) is 8.76. The molecule has 0 saturated carbocycles. The highest BCUT2D eigenvalue weighted by molar-refractivity contribution is 6.31. The number of hydrogen-bond acceptors (Lipinski definition) is 4. The molecule has 1 aromatic rings. The Labute approximate surface area is 166 Å². The fourth-order valence-electron chi connectivity index (χ4n) is 3.30. The van der Waals surface area contributed by atoms with Gasteiger partial charge in [0.15, 0.2) is 0 Å². The minimum Gasteiger partial charge on any atom is -0.370 e. The molecule has 1 amide bonds. The van der Waals surface area contributed by atoms with Crippen LogP contribution in [0.1, 0.15) is 32.1 Å². The number of benzene rings is 1. The van der Waals surface area contributed by atoms with E-state index in [4.69, 9.17) is 22.1 Å². The summed E-state index contributed by atoms with van der Waals surface area (Å²) in [6, 6.07) is 5.68. The van der Waals surface area contributed by atoms with Crippen LogP contribution in [0.4, 0.5) is 11.4 Å². The number of halogens is 3. The van der Waals surface area contributed by atoms with Gasteiger partial charge >= 0.3 is 0 Å². The summed E-state index contributed by atoms with van der Waals surface area (Å²) in [5.41, 5.74) is 7.41. The lowest BCUT2D eigenvalue weighted by molar-refractivity contribution is -0.126. The van der Waals surface area contributed by atoms with Gasteiger partial charge in [0.2, 0.25) is 0 Å². The molecule has 3 rings (SSSR count). The van der Waals surface area contributed by atoms with Crippen LogP contribution in [0.5, 0.6) is 0 Å². The van der Waals surface area contributed by atoms with E-state index < -0.39 is 6.10 Å². The van der Waals surface area contributed by atoms with Gasteiger partial charge < -0.3 is 20.7 Å². The molecule has 8 heteroatoms. The molecule has 1 aromatic carbocycles. The second-order valence-electron chi connectivity index (χ2n) is 6.26. The average molecular weight is 411 g/mol. The molecule has 2 aliphatic heterocycles. The molecule has 0 aliphatic carbocycles. The number of piperidine rings is 1. The number of anilines is 2. The Morgan fingerprint density at radius 1 is 1.24 bits per heavy atom. The Kier molecular flexibility index (Phi) is 9.32. The second kappa shape index (κ2) is 10.4. The van der Waals surface area contributed by atoms with Crippen molar-refractivity contribution in [3.63, 3.8) is 0 Å². The van der Waals surface area contributed by atoms with E-state index in [1.165, 1.54) is 19.3 Å². The molecule has 2 saturated heterocycles. The zero-order valence-electron chi connectivity index (χ0n) is 14.1. The van der Waals surface area contributed by atoms with E-state index in [1.54, 1.807) is 0 Å². The Morgan fingerprint density at radius 3 is 2.60 bits per heavy atom. The van der Waals surface area contributed by atoms with E-state index >= 15 is 0 Å². The van der Waals surface area contributed by atoms with Crippen molar-refractivity contribution in [2.24, 2.45) is 5.73 Å². The SMILES string of the molecule is Cl.Cl.NC[C@H]1CC[C@@H](C(=O)Nc2cc(Cl)ccc2N2CCCCC2)O1. The van der Waals surface area contributed by atoms with Crippen LogP contribution in [0.15, 0.2) is 18.2 Å². The van der Waals surface area contributed by atoms with Crippen molar-refractivity contribution in [3.05, 3.63) is 23.2 Å². The van der Waals surface area contributed by atoms with Crippen molar-refractivity contribution < 1.29 is 9.53 Å². The molecule has 3 N–H and O–H groups in total. The maximum atomic E-state index is 12.5. The number of carbonyl (C=O) groups is 1. The summed E-state index contributed by atoms with van der Waals surface area (Å²) >= 11 is 6.13. The van der Waals surface area contributed by atoms with E-state index in [0.717, 1.165) is 30.9 Å². The third-order valence-corrected chi connectivity index (χ3v) is 4.81. The molecule has 25 heavy (non-hydrogen) atoms. The topological polar surface area (TPSA) is 67.6 Å². The molecule has 2 fully saturated rings. The molecule has 0 spiro atoms. The standard InChI is InChI=1S/C17H24ClN3O2.2ClH/c18-12-4-6-15(21-8-2-1-3-9-21)14(10-12)20-17(22)16-7-5-13(11-19)23-16;;/h4,6,10,13,16H,1-3,5,7-9,11,19H2,(H,20,22);2*1H/t13-,16+;;/m1../s1. The first-order chi connectivity index (χ1) is 11.2. The zero-order chi connectivity index (χ0) is 16.2. The molecule has 2 heterocycles. The number of nitrogens with zero attached hydrogens (tertiary/aromatic N) is 1. The van der Waals surface area contributed by atoms with Crippen LogP contribution < -0.4 is 16.0 Å². The Bertz CT molecular complexity index is 568. The lowest BCUT2D eigenvalue weighted by Crippen LogP contribution is -2.33. The summed E-state index contributed by atoms with van der Waals surface area (Å²) < 4.78 is 5.68. The first-order valence-electron chi connectivity index (χ1n) is 8.38. The third-order valence-electron chi connectivity index (χ3n) is 4.58. The van der Waals surface area contributed by atoms with Crippen molar-refractivity contribution >= 4 is 53.7 Å². The van der Waals surface area contributed by atoms with Gasteiger partial charge in [-0.2, -0.15) is 0 Å². The number of carbonyl (C=O) groups excluding carboxylic acids is 1. The summed E-state index contributed by atoms with van der Waals surface area (Å²) in [5.74, 6) is -0.110. The maximum Gasteiger partial charge on any atom is 0.253 e. The van der Waals surface area contributed by atoms with Gasteiger partial charge in [0.25, 0.3) is 5.91 Å². The zero-order valence-corrected chi connectivity index (χ0v) is 16.5. The average Bonchev–Trinajstić information content (AvgIpc) is 3.05. The summed E-state index contributed by atoms with van der Waals surface area (Å²) in [5, 5.41) is 3.62. The molecule has 5 nitrogen and oxygen atoms in total. The van der Waals surface area contributed by atoms with Crippen molar-refractivity contribution in [1.29, 1.82) is 0 Å². The van der Waals surface area contributed by atoms with Crippen LogP contribution in [-0.2, 0) is 9.53 Å². The lowest BCUT2D eigenvalue weighted by atomic mass is 10.1. The molecule has 2 aliphatic rings. The van der Waals surface area contributed by atoms with Crippen LogP contribution in [0.25, 0.3) is 0 Å². The number of rotatable bonds is 4. The monoisotopic (exact) mass is 409 g/mol. The smallest absolute Gasteiger partial charge is 0.253 e. The van der Waals surface area contributed by atoms with Crippen LogP contribution in [0, 0.1) is 0 Å². The molecular weight excluding hydrogens is 385 g/mol. The van der Waals surface area contributed by atoms with E-state index in [1.807, 2.05) is 18.2 Å². The predicted molar refractivity (Wildman–Crippen MR) is 108 cm³/mol.